The number of halogens is 2. The van der Waals surface area contributed by atoms with Crippen molar-refractivity contribution in [3.8, 4) is 0 Å². The fourth-order valence-electron chi connectivity index (χ4n) is 2.25. The van der Waals surface area contributed by atoms with Gasteiger partial charge in [-0.15, -0.1) is 0 Å². The number of hydrogen-bond acceptors (Lipinski definition) is 1. The summed E-state index contributed by atoms with van der Waals surface area (Å²) in [5.41, 5.74) is 2.71. The van der Waals surface area contributed by atoms with Gasteiger partial charge in [0.15, 0.2) is 0 Å². The van der Waals surface area contributed by atoms with E-state index in [4.69, 9.17) is 11.6 Å². The van der Waals surface area contributed by atoms with E-state index in [1.54, 1.807) is 6.92 Å². The van der Waals surface area contributed by atoms with Gasteiger partial charge in [0.05, 0.1) is 6.04 Å². The Balaban J connectivity index is 2.41. The first-order valence-electron chi connectivity index (χ1n) is 6.87. The van der Waals surface area contributed by atoms with E-state index >= 15 is 0 Å². The highest BCUT2D eigenvalue weighted by atomic mass is 35.5. The van der Waals surface area contributed by atoms with Crippen LogP contribution in [0.1, 0.15) is 36.1 Å². The summed E-state index contributed by atoms with van der Waals surface area (Å²) in [5, 5.41) is 4.21. The molecule has 0 aromatic heterocycles. The van der Waals surface area contributed by atoms with Crippen LogP contribution in [0, 0.1) is 12.7 Å². The molecule has 0 aliphatic carbocycles. The van der Waals surface area contributed by atoms with E-state index < -0.39 is 0 Å². The summed E-state index contributed by atoms with van der Waals surface area (Å²) in [6.45, 7) is 4.78. The van der Waals surface area contributed by atoms with Crippen molar-refractivity contribution in [2.45, 2.75) is 26.3 Å². The van der Waals surface area contributed by atoms with Crippen LogP contribution in [0.5, 0.6) is 0 Å². The fraction of sp³-hybridized carbons (Fsp3) is 0.294. The van der Waals surface area contributed by atoms with Crippen LogP contribution in [-0.2, 0) is 0 Å². The molecular weight excluding hydrogens is 273 g/mol. The van der Waals surface area contributed by atoms with Gasteiger partial charge in [-0.2, -0.15) is 0 Å². The smallest absolute Gasteiger partial charge is 0.126 e. The lowest BCUT2D eigenvalue weighted by atomic mass is 9.97. The van der Waals surface area contributed by atoms with Crippen LogP contribution >= 0.6 is 11.6 Å². The van der Waals surface area contributed by atoms with Gasteiger partial charge in [-0.3, -0.25) is 0 Å². The van der Waals surface area contributed by atoms with Crippen LogP contribution in [0.25, 0.3) is 0 Å². The molecule has 0 aliphatic heterocycles. The Labute approximate surface area is 124 Å². The summed E-state index contributed by atoms with van der Waals surface area (Å²) in [5.74, 6) is -0.179. The molecule has 0 aliphatic rings. The van der Waals surface area contributed by atoms with Gasteiger partial charge in [0.2, 0.25) is 0 Å². The molecular formula is C17H19ClFN. The molecule has 3 heteroatoms. The Kier molecular flexibility index (Phi) is 5.16. The highest BCUT2D eigenvalue weighted by Gasteiger charge is 2.16. The minimum absolute atomic E-state index is 0.0112. The Hall–Kier alpha value is -1.38. The average Bonchev–Trinajstić information content (AvgIpc) is 2.44. The summed E-state index contributed by atoms with van der Waals surface area (Å²) in [7, 11) is 0. The molecule has 2 aromatic rings. The zero-order chi connectivity index (χ0) is 14.5. The Morgan fingerprint density at radius 2 is 1.95 bits per heavy atom. The maximum Gasteiger partial charge on any atom is 0.126 e. The third kappa shape index (κ3) is 3.38. The topological polar surface area (TPSA) is 12.0 Å². The average molecular weight is 292 g/mol. The zero-order valence-electron chi connectivity index (χ0n) is 11.8. The summed E-state index contributed by atoms with van der Waals surface area (Å²) < 4.78 is 13.4. The van der Waals surface area contributed by atoms with Crippen LogP contribution < -0.4 is 5.32 Å². The summed E-state index contributed by atoms with van der Waals surface area (Å²) in [4.78, 5) is 0. The number of hydrogen-bond donors (Lipinski definition) is 1. The molecule has 2 rings (SSSR count). The van der Waals surface area contributed by atoms with Crippen molar-refractivity contribution < 1.29 is 4.39 Å². The molecule has 2 aromatic carbocycles. The Bertz CT molecular complexity index is 583. The van der Waals surface area contributed by atoms with Crippen molar-refractivity contribution in [3.05, 3.63) is 70.0 Å². The van der Waals surface area contributed by atoms with Crippen molar-refractivity contribution in [1.29, 1.82) is 0 Å². The predicted octanol–water partition coefficient (Wildman–Crippen LogP) is 4.88. The fourth-order valence-corrected chi connectivity index (χ4v) is 2.50. The van der Waals surface area contributed by atoms with Gasteiger partial charge in [-0.25, -0.2) is 4.39 Å². The number of rotatable bonds is 5. The van der Waals surface area contributed by atoms with Crippen molar-refractivity contribution in [1.82, 2.24) is 5.32 Å². The van der Waals surface area contributed by atoms with Gasteiger partial charge in [0.25, 0.3) is 0 Å². The van der Waals surface area contributed by atoms with Gasteiger partial charge in [0.1, 0.15) is 5.82 Å². The first-order valence-corrected chi connectivity index (χ1v) is 7.25. The van der Waals surface area contributed by atoms with Crippen LogP contribution in [0.2, 0.25) is 5.02 Å². The summed E-state index contributed by atoms with van der Waals surface area (Å²) >= 11 is 6.30. The van der Waals surface area contributed by atoms with E-state index in [1.165, 1.54) is 6.07 Å². The van der Waals surface area contributed by atoms with Gasteiger partial charge < -0.3 is 5.32 Å². The van der Waals surface area contributed by atoms with Crippen LogP contribution in [0.15, 0.2) is 42.5 Å². The van der Waals surface area contributed by atoms with Crippen molar-refractivity contribution >= 4 is 11.6 Å². The summed E-state index contributed by atoms with van der Waals surface area (Å²) in [6.07, 6.45) is 1.03. The lowest BCUT2D eigenvalue weighted by molar-refractivity contribution is 0.590. The first kappa shape index (κ1) is 15.0. The molecule has 1 unspecified atom stereocenters. The third-order valence-electron chi connectivity index (χ3n) is 3.33. The largest absolute Gasteiger partial charge is 0.306 e. The second kappa shape index (κ2) is 6.87. The standard InChI is InChI=1S/C17H19ClFN/c1-3-10-20-17(14-6-4-5-7-15(14)18)13-8-9-16(19)12(2)11-13/h4-9,11,17,20H,3,10H2,1-2H3. The van der Waals surface area contributed by atoms with Crippen molar-refractivity contribution in [2.24, 2.45) is 0 Å². The van der Waals surface area contributed by atoms with Gasteiger partial charge >= 0.3 is 0 Å². The van der Waals surface area contributed by atoms with E-state index in [2.05, 4.69) is 12.2 Å². The number of aryl methyl sites for hydroxylation is 1. The minimum atomic E-state index is -0.179. The highest BCUT2D eigenvalue weighted by molar-refractivity contribution is 6.31. The molecule has 0 amide bonds. The van der Waals surface area contributed by atoms with Gasteiger partial charge in [-0.1, -0.05) is 48.9 Å². The minimum Gasteiger partial charge on any atom is -0.306 e. The highest BCUT2D eigenvalue weighted by Crippen LogP contribution is 2.29. The predicted molar refractivity (Wildman–Crippen MR) is 82.7 cm³/mol. The van der Waals surface area contributed by atoms with Crippen LogP contribution in [0.3, 0.4) is 0 Å². The van der Waals surface area contributed by atoms with E-state index in [-0.39, 0.29) is 11.9 Å². The molecule has 1 N–H and O–H groups in total. The molecule has 106 valence electrons. The number of nitrogens with one attached hydrogen (secondary N) is 1. The maximum atomic E-state index is 13.4. The van der Waals surface area contributed by atoms with Gasteiger partial charge in [0, 0.05) is 5.02 Å². The van der Waals surface area contributed by atoms with Gasteiger partial charge in [-0.05, 0) is 48.7 Å². The molecule has 0 heterocycles. The second-order valence-corrected chi connectivity index (χ2v) is 5.32. The van der Waals surface area contributed by atoms with E-state index in [1.807, 2.05) is 36.4 Å². The quantitative estimate of drug-likeness (QED) is 0.828. The molecule has 1 atom stereocenters. The van der Waals surface area contributed by atoms with Crippen molar-refractivity contribution in [3.63, 3.8) is 0 Å². The SMILES string of the molecule is CCCNC(c1ccc(F)c(C)c1)c1ccccc1Cl. The lowest BCUT2D eigenvalue weighted by Gasteiger charge is -2.21. The lowest BCUT2D eigenvalue weighted by Crippen LogP contribution is -2.23. The van der Waals surface area contributed by atoms with E-state index in [9.17, 15) is 4.39 Å². The molecule has 0 saturated heterocycles. The van der Waals surface area contributed by atoms with E-state index in [0.717, 1.165) is 29.1 Å². The maximum absolute atomic E-state index is 13.4. The summed E-state index contributed by atoms with van der Waals surface area (Å²) in [6, 6.07) is 13.0. The monoisotopic (exact) mass is 291 g/mol. The Morgan fingerprint density at radius 1 is 1.20 bits per heavy atom. The zero-order valence-corrected chi connectivity index (χ0v) is 12.5. The molecule has 0 bridgehead atoms. The normalized spacial score (nSPS) is 12.4. The third-order valence-corrected chi connectivity index (χ3v) is 3.67. The van der Waals surface area contributed by atoms with Crippen molar-refractivity contribution in [2.75, 3.05) is 6.54 Å². The van der Waals surface area contributed by atoms with E-state index in [0.29, 0.717) is 5.56 Å². The molecule has 0 spiro atoms. The molecule has 1 nitrogen and oxygen atoms in total. The molecule has 0 radical (unpaired) electrons. The van der Waals surface area contributed by atoms with Crippen LogP contribution in [0.4, 0.5) is 4.39 Å². The van der Waals surface area contributed by atoms with Crippen LogP contribution in [-0.4, -0.2) is 6.54 Å². The molecule has 0 fully saturated rings. The molecule has 20 heavy (non-hydrogen) atoms. The number of benzene rings is 2. The first-order chi connectivity index (χ1) is 9.63. The molecule has 0 saturated carbocycles. The second-order valence-electron chi connectivity index (χ2n) is 4.92. The Morgan fingerprint density at radius 3 is 2.60 bits per heavy atom.